The van der Waals surface area contributed by atoms with Crippen molar-refractivity contribution in [1.29, 1.82) is 0 Å². The molecule has 0 aliphatic heterocycles. The van der Waals surface area contributed by atoms with Crippen LogP contribution in [0.5, 0.6) is 0 Å². The van der Waals surface area contributed by atoms with Crippen LogP contribution in [0.1, 0.15) is 11.1 Å². The van der Waals surface area contributed by atoms with Gasteiger partial charge in [-0.1, -0.05) is 18.2 Å². The van der Waals surface area contributed by atoms with E-state index in [2.05, 4.69) is 4.98 Å². The number of rotatable bonds is 1. The summed E-state index contributed by atoms with van der Waals surface area (Å²) < 4.78 is 40.3. The molecule has 0 radical (unpaired) electrons. The molecule has 2 nitrogen and oxygen atoms in total. The van der Waals surface area contributed by atoms with Gasteiger partial charge in [0.15, 0.2) is 0 Å². The molecule has 0 saturated carbocycles. The molecule has 4 aromatic rings. The Morgan fingerprint density at radius 2 is 1.67 bits per heavy atom. The van der Waals surface area contributed by atoms with Crippen LogP contribution in [0.25, 0.3) is 27.8 Å². The Labute approximate surface area is 136 Å². The Morgan fingerprint density at radius 1 is 0.917 bits per heavy atom. The van der Waals surface area contributed by atoms with E-state index in [1.807, 2.05) is 47.9 Å². The standard InChI is InChI=1S/C19H13F3N2/c1-12-4-9-15-17(11-12)24-10-2-3-16(24)18(23-15)13-5-7-14(8-6-13)19(20,21)22/h2-11H,1H3. The van der Waals surface area contributed by atoms with Crippen LogP contribution < -0.4 is 0 Å². The maximum absolute atomic E-state index is 12.8. The molecule has 0 saturated heterocycles. The van der Waals surface area contributed by atoms with Gasteiger partial charge in [-0.25, -0.2) is 4.98 Å². The number of alkyl halides is 3. The zero-order chi connectivity index (χ0) is 16.9. The second-order valence-corrected chi connectivity index (χ2v) is 5.79. The fourth-order valence-corrected chi connectivity index (χ4v) is 2.91. The third-order valence-electron chi connectivity index (χ3n) is 4.10. The van der Waals surface area contributed by atoms with Crippen LogP contribution in [0.4, 0.5) is 13.2 Å². The molecule has 0 fully saturated rings. The molecule has 4 rings (SSSR count). The zero-order valence-corrected chi connectivity index (χ0v) is 12.8. The first-order chi connectivity index (χ1) is 11.4. The van der Waals surface area contributed by atoms with Crippen molar-refractivity contribution in [3.63, 3.8) is 0 Å². The Hall–Kier alpha value is -2.82. The van der Waals surface area contributed by atoms with Crippen LogP contribution in [0.2, 0.25) is 0 Å². The molecular formula is C19H13F3N2. The van der Waals surface area contributed by atoms with Gasteiger partial charge >= 0.3 is 6.18 Å². The van der Waals surface area contributed by atoms with Crippen molar-refractivity contribution < 1.29 is 13.2 Å². The van der Waals surface area contributed by atoms with Crippen LogP contribution in [0.15, 0.2) is 60.8 Å². The Bertz CT molecular complexity index is 1040. The van der Waals surface area contributed by atoms with Crippen LogP contribution in [0, 0.1) is 6.92 Å². The minimum absolute atomic E-state index is 0.658. The summed E-state index contributed by atoms with van der Waals surface area (Å²) in [5.74, 6) is 0. The Kier molecular flexibility index (Phi) is 3.13. The van der Waals surface area contributed by atoms with E-state index in [0.29, 0.717) is 11.3 Å². The van der Waals surface area contributed by atoms with Crippen molar-refractivity contribution in [2.24, 2.45) is 0 Å². The predicted molar refractivity (Wildman–Crippen MR) is 87.9 cm³/mol. The highest BCUT2D eigenvalue weighted by Crippen LogP contribution is 2.32. The lowest BCUT2D eigenvalue weighted by Crippen LogP contribution is -2.04. The van der Waals surface area contributed by atoms with Gasteiger partial charge < -0.3 is 4.40 Å². The highest BCUT2D eigenvalue weighted by atomic mass is 19.4. The lowest BCUT2D eigenvalue weighted by molar-refractivity contribution is -0.137. The monoisotopic (exact) mass is 326 g/mol. The lowest BCUT2D eigenvalue weighted by Gasteiger charge is -2.11. The fourth-order valence-electron chi connectivity index (χ4n) is 2.91. The number of hydrogen-bond acceptors (Lipinski definition) is 1. The molecule has 0 unspecified atom stereocenters. The van der Waals surface area contributed by atoms with Gasteiger partial charge in [0.05, 0.1) is 27.8 Å². The maximum Gasteiger partial charge on any atom is 0.416 e. The van der Waals surface area contributed by atoms with Gasteiger partial charge in [0.2, 0.25) is 0 Å². The van der Waals surface area contributed by atoms with Gasteiger partial charge in [-0.3, -0.25) is 0 Å². The van der Waals surface area contributed by atoms with Crippen molar-refractivity contribution in [3.05, 3.63) is 71.9 Å². The average molecular weight is 326 g/mol. The molecule has 5 heteroatoms. The minimum atomic E-state index is -4.34. The molecule has 0 aliphatic carbocycles. The summed E-state index contributed by atoms with van der Waals surface area (Å²) in [6, 6.07) is 14.9. The highest BCUT2D eigenvalue weighted by molar-refractivity contribution is 5.87. The third-order valence-corrected chi connectivity index (χ3v) is 4.10. The van der Waals surface area contributed by atoms with Crippen molar-refractivity contribution in [2.45, 2.75) is 13.1 Å². The lowest BCUT2D eigenvalue weighted by atomic mass is 10.1. The fraction of sp³-hybridized carbons (Fsp3) is 0.105. The Balaban J connectivity index is 1.95. The smallest absolute Gasteiger partial charge is 0.313 e. The van der Waals surface area contributed by atoms with Crippen LogP contribution >= 0.6 is 0 Å². The summed E-state index contributed by atoms with van der Waals surface area (Å²) in [5.41, 5.74) is 4.45. The molecule has 0 bridgehead atoms. The summed E-state index contributed by atoms with van der Waals surface area (Å²) in [4.78, 5) is 4.68. The number of fused-ring (bicyclic) bond motifs is 3. The minimum Gasteiger partial charge on any atom is -0.313 e. The summed E-state index contributed by atoms with van der Waals surface area (Å²) in [6.07, 6.45) is -2.40. The molecule has 2 aromatic carbocycles. The maximum atomic E-state index is 12.8. The number of aryl methyl sites for hydroxylation is 1. The van der Waals surface area contributed by atoms with E-state index >= 15 is 0 Å². The summed E-state index contributed by atoms with van der Waals surface area (Å²) >= 11 is 0. The van der Waals surface area contributed by atoms with Crippen LogP contribution in [-0.2, 0) is 6.18 Å². The van der Waals surface area contributed by atoms with E-state index in [0.717, 1.165) is 34.2 Å². The van der Waals surface area contributed by atoms with Gasteiger partial charge in [0.25, 0.3) is 0 Å². The molecule has 2 aromatic heterocycles. The van der Waals surface area contributed by atoms with Crippen molar-refractivity contribution >= 4 is 16.6 Å². The first kappa shape index (κ1) is 14.8. The molecule has 0 atom stereocenters. The van der Waals surface area contributed by atoms with Crippen molar-refractivity contribution in [1.82, 2.24) is 9.38 Å². The molecule has 120 valence electrons. The quantitative estimate of drug-likeness (QED) is 0.452. The topological polar surface area (TPSA) is 17.3 Å². The van der Waals surface area contributed by atoms with Gasteiger partial charge in [0, 0.05) is 11.8 Å². The highest BCUT2D eigenvalue weighted by Gasteiger charge is 2.30. The van der Waals surface area contributed by atoms with Gasteiger partial charge in [-0.05, 0) is 48.9 Å². The van der Waals surface area contributed by atoms with Gasteiger partial charge in [-0.15, -0.1) is 0 Å². The third kappa shape index (κ3) is 2.33. The molecule has 24 heavy (non-hydrogen) atoms. The number of aromatic nitrogens is 2. The number of nitrogens with zero attached hydrogens (tertiary/aromatic N) is 2. The molecular weight excluding hydrogens is 313 g/mol. The average Bonchev–Trinajstić information content (AvgIpc) is 3.03. The van der Waals surface area contributed by atoms with E-state index in [1.54, 1.807) is 0 Å². The van der Waals surface area contributed by atoms with E-state index in [-0.39, 0.29) is 0 Å². The predicted octanol–water partition coefficient (Wildman–Crippen LogP) is 5.48. The summed E-state index contributed by atoms with van der Waals surface area (Å²) in [7, 11) is 0. The second-order valence-electron chi connectivity index (χ2n) is 5.79. The molecule has 0 spiro atoms. The van der Waals surface area contributed by atoms with Gasteiger partial charge in [0.1, 0.15) is 0 Å². The van der Waals surface area contributed by atoms with Crippen LogP contribution in [0.3, 0.4) is 0 Å². The second kappa shape index (κ2) is 5.09. The SMILES string of the molecule is Cc1ccc2nc(-c3ccc(C(F)(F)F)cc3)c3cccn3c2c1. The molecule has 0 aliphatic rings. The van der Waals surface area contributed by atoms with E-state index < -0.39 is 11.7 Å². The first-order valence-corrected chi connectivity index (χ1v) is 7.48. The van der Waals surface area contributed by atoms with Gasteiger partial charge in [-0.2, -0.15) is 13.2 Å². The first-order valence-electron chi connectivity index (χ1n) is 7.48. The molecule has 0 N–H and O–H groups in total. The molecule has 0 amide bonds. The number of benzene rings is 2. The molecule has 2 heterocycles. The van der Waals surface area contributed by atoms with Crippen LogP contribution in [-0.4, -0.2) is 9.38 Å². The zero-order valence-electron chi connectivity index (χ0n) is 12.8. The summed E-state index contributed by atoms with van der Waals surface area (Å²) in [6.45, 7) is 2.01. The summed E-state index contributed by atoms with van der Waals surface area (Å²) in [5, 5.41) is 0. The largest absolute Gasteiger partial charge is 0.416 e. The number of halogens is 3. The van der Waals surface area contributed by atoms with E-state index in [4.69, 9.17) is 0 Å². The Morgan fingerprint density at radius 3 is 2.38 bits per heavy atom. The van der Waals surface area contributed by atoms with E-state index in [1.165, 1.54) is 12.1 Å². The number of hydrogen-bond donors (Lipinski definition) is 0. The van der Waals surface area contributed by atoms with E-state index in [9.17, 15) is 13.2 Å². The van der Waals surface area contributed by atoms with Crippen molar-refractivity contribution in [3.8, 4) is 11.3 Å². The normalized spacial score (nSPS) is 12.2. The van der Waals surface area contributed by atoms with Crippen molar-refractivity contribution in [2.75, 3.05) is 0 Å².